The summed E-state index contributed by atoms with van der Waals surface area (Å²) in [6.45, 7) is 0.370. The number of amides is 1. The molecule has 1 heterocycles. The highest BCUT2D eigenvalue weighted by Gasteiger charge is 2.40. The molecule has 1 saturated heterocycles. The van der Waals surface area contributed by atoms with Crippen molar-refractivity contribution in [2.75, 3.05) is 6.54 Å². The van der Waals surface area contributed by atoms with Crippen molar-refractivity contribution in [3.63, 3.8) is 0 Å². The molecule has 1 unspecified atom stereocenters. The Morgan fingerprint density at radius 1 is 1.35 bits per heavy atom. The lowest BCUT2D eigenvalue weighted by atomic mass is 10.0. The molecule has 1 aromatic carbocycles. The van der Waals surface area contributed by atoms with Crippen LogP contribution in [0.25, 0.3) is 0 Å². The number of aliphatic hydroxyl groups excluding tert-OH is 1. The van der Waals surface area contributed by atoms with E-state index in [0.717, 1.165) is 5.56 Å². The Balaban J connectivity index is 2.04. The van der Waals surface area contributed by atoms with E-state index in [1.54, 1.807) is 0 Å². The highest BCUT2D eigenvalue weighted by atomic mass is 32.2. The van der Waals surface area contributed by atoms with E-state index in [4.69, 9.17) is 4.74 Å². The predicted octanol–water partition coefficient (Wildman–Crippen LogP) is 0.716. The molecule has 2 atom stereocenters. The van der Waals surface area contributed by atoms with Gasteiger partial charge in [-0.15, -0.1) is 0 Å². The number of hydrogen-bond donors (Lipinski definition) is 2. The zero-order valence-electron chi connectivity index (χ0n) is 12.5. The lowest BCUT2D eigenvalue weighted by molar-refractivity contribution is 0.0360. The molecule has 1 aliphatic rings. The largest absolute Gasteiger partial charge is 0.445 e. The molecule has 128 valence electrons. The molecule has 23 heavy (non-hydrogen) atoms. The lowest BCUT2D eigenvalue weighted by Crippen LogP contribution is -2.52. The molecule has 8 nitrogen and oxygen atoms in total. The Labute approximate surface area is 134 Å². The topological polar surface area (TPSA) is 119 Å². The van der Waals surface area contributed by atoms with Gasteiger partial charge in [0.15, 0.2) is 0 Å². The minimum atomic E-state index is -4.35. The van der Waals surface area contributed by atoms with Crippen LogP contribution in [0, 0.1) is 0 Å². The van der Waals surface area contributed by atoms with Gasteiger partial charge in [-0.05, 0) is 24.8 Å². The van der Waals surface area contributed by atoms with Crippen LogP contribution < -0.4 is 5.90 Å². The molecule has 1 fully saturated rings. The van der Waals surface area contributed by atoms with Crippen LogP contribution in [0.1, 0.15) is 24.8 Å². The van der Waals surface area contributed by atoms with Gasteiger partial charge in [0.1, 0.15) is 6.61 Å². The SMILES string of the molecule is NOS(=O)(=O)C(O)[C@H]1CCCCN1C(=O)OCc1ccccc1. The maximum Gasteiger partial charge on any atom is 0.410 e. The molecule has 2 rings (SSSR count). The van der Waals surface area contributed by atoms with Crippen LogP contribution in [0.3, 0.4) is 0 Å². The average molecular weight is 344 g/mol. The highest BCUT2D eigenvalue weighted by Crippen LogP contribution is 2.23. The van der Waals surface area contributed by atoms with Crippen LogP contribution in [-0.2, 0) is 25.7 Å². The van der Waals surface area contributed by atoms with Crippen molar-refractivity contribution in [2.24, 2.45) is 5.90 Å². The van der Waals surface area contributed by atoms with E-state index >= 15 is 0 Å². The van der Waals surface area contributed by atoms with Gasteiger partial charge in [-0.25, -0.2) is 4.79 Å². The van der Waals surface area contributed by atoms with Crippen molar-refractivity contribution in [1.82, 2.24) is 4.90 Å². The number of ether oxygens (including phenoxy) is 1. The number of likely N-dealkylation sites (tertiary alicyclic amines) is 1. The molecular weight excluding hydrogens is 324 g/mol. The fraction of sp³-hybridized carbons (Fsp3) is 0.500. The van der Waals surface area contributed by atoms with E-state index in [9.17, 15) is 18.3 Å². The van der Waals surface area contributed by atoms with E-state index in [0.29, 0.717) is 25.8 Å². The third kappa shape index (κ3) is 4.41. The van der Waals surface area contributed by atoms with Crippen LogP contribution in [0.2, 0.25) is 0 Å². The summed E-state index contributed by atoms with van der Waals surface area (Å²) in [7, 11) is -4.35. The summed E-state index contributed by atoms with van der Waals surface area (Å²) in [6.07, 6.45) is 1.03. The molecule has 0 aromatic heterocycles. The Bertz CT molecular complexity index is 621. The minimum Gasteiger partial charge on any atom is -0.445 e. The van der Waals surface area contributed by atoms with Crippen molar-refractivity contribution in [2.45, 2.75) is 37.3 Å². The molecule has 3 N–H and O–H groups in total. The number of rotatable bonds is 5. The quantitative estimate of drug-likeness (QED) is 0.755. The summed E-state index contributed by atoms with van der Waals surface area (Å²) < 4.78 is 32.2. The van der Waals surface area contributed by atoms with Gasteiger partial charge in [-0.1, -0.05) is 30.3 Å². The van der Waals surface area contributed by atoms with Crippen molar-refractivity contribution in [3.8, 4) is 0 Å². The lowest BCUT2D eigenvalue weighted by Gasteiger charge is -2.36. The second-order valence-corrected chi connectivity index (χ2v) is 6.94. The monoisotopic (exact) mass is 344 g/mol. The van der Waals surface area contributed by atoms with E-state index in [2.05, 4.69) is 10.2 Å². The summed E-state index contributed by atoms with van der Waals surface area (Å²) in [5.74, 6) is 4.69. The van der Waals surface area contributed by atoms with Crippen molar-refractivity contribution >= 4 is 16.2 Å². The third-order valence-electron chi connectivity index (χ3n) is 3.75. The number of benzene rings is 1. The molecule has 1 amide bonds. The highest BCUT2D eigenvalue weighted by molar-refractivity contribution is 7.87. The summed E-state index contributed by atoms with van der Waals surface area (Å²) in [6, 6.07) is 8.16. The first-order chi connectivity index (χ1) is 11.0. The second kappa shape index (κ2) is 7.73. The Morgan fingerprint density at radius 3 is 2.70 bits per heavy atom. The maximum absolute atomic E-state index is 12.2. The van der Waals surface area contributed by atoms with E-state index < -0.39 is 27.7 Å². The van der Waals surface area contributed by atoms with Gasteiger partial charge < -0.3 is 14.7 Å². The fourth-order valence-corrected chi connectivity index (χ4v) is 3.31. The maximum atomic E-state index is 12.2. The van der Waals surface area contributed by atoms with Gasteiger partial charge in [-0.2, -0.15) is 18.6 Å². The number of carbonyl (C=O) groups is 1. The summed E-state index contributed by atoms with van der Waals surface area (Å²) in [5.41, 5.74) is -1.09. The fourth-order valence-electron chi connectivity index (χ4n) is 2.53. The molecule has 1 aromatic rings. The molecular formula is C14H20N2O6S. The molecule has 0 aliphatic carbocycles. The Hall–Kier alpha value is -1.68. The Kier molecular flexibility index (Phi) is 5.94. The van der Waals surface area contributed by atoms with Gasteiger partial charge in [0.25, 0.3) is 0 Å². The van der Waals surface area contributed by atoms with Gasteiger partial charge in [-0.3, -0.25) is 0 Å². The number of carbonyl (C=O) groups excluding carboxylic acids is 1. The normalized spacial score (nSPS) is 20.1. The van der Waals surface area contributed by atoms with Crippen LogP contribution >= 0.6 is 0 Å². The number of hydrogen-bond acceptors (Lipinski definition) is 7. The first-order valence-electron chi connectivity index (χ1n) is 7.23. The molecule has 0 radical (unpaired) electrons. The van der Waals surface area contributed by atoms with Crippen LogP contribution in [-0.4, -0.2) is 42.5 Å². The van der Waals surface area contributed by atoms with Gasteiger partial charge in [0.05, 0.1) is 6.04 Å². The van der Waals surface area contributed by atoms with Crippen LogP contribution in [0.5, 0.6) is 0 Å². The standard InChI is InChI=1S/C14H20N2O6S/c15-22-23(19,20)13(17)12-8-4-5-9-16(12)14(18)21-10-11-6-2-1-3-7-11/h1-3,6-7,12-13,17H,4-5,8-10,15H2/t12-,13?/m1/s1. The number of nitrogens with two attached hydrogens (primary N) is 1. The molecule has 9 heteroatoms. The second-order valence-electron chi connectivity index (χ2n) is 5.28. The predicted molar refractivity (Wildman–Crippen MR) is 81.2 cm³/mol. The summed E-state index contributed by atoms with van der Waals surface area (Å²) >= 11 is 0. The summed E-state index contributed by atoms with van der Waals surface area (Å²) in [5, 5.41) is 9.96. The smallest absolute Gasteiger partial charge is 0.410 e. The number of nitrogens with zero attached hydrogens (tertiary/aromatic N) is 1. The molecule has 1 aliphatic heterocycles. The number of piperidine rings is 1. The third-order valence-corrected chi connectivity index (χ3v) is 4.92. The minimum absolute atomic E-state index is 0.0686. The van der Waals surface area contributed by atoms with Crippen LogP contribution in [0.15, 0.2) is 30.3 Å². The first kappa shape index (κ1) is 17.7. The van der Waals surface area contributed by atoms with Crippen molar-refractivity contribution < 1.29 is 27.3 Å². The van der Waals surface area contributed by atoms with Crippen molar-refractivity contribution in [1.29, 1.82) is 0 Å². The Morgan fingerprint density at radius 2 is 2.04 bits per heavy atom. The first-order valence-corrected chi connectivity index (χ1v) is 8.70. The molecule has 0 saturated carbocycles. The van der Waals surface area contributed by atoms with E-state index in [1.807, 2.05) is 30.3 Å². The average Bonchev–Trinajstić information content (AvgIpc) is 2.59. The molecule has 0 spiro atoms. The van der Waals surface area contributed by atoms with E-state index in [1.165, 1.54) is 4.90 Å². The van der Waals surface area contributed by atoms with Crippen molar-refractivity contribution in [3.05, 3.63) is 35.9 Å². The number of aliphatic hydroxyl groups is 1. The zero-order chi connectivity index (χ0) is 16.9. The van der Waals surface area contributed by atoms with E-state index in [-0.39, 0.29) is 6.61 Å². The summed E-state index contributed by atoms with van der Waals surface area (Å²) in [4.78, 5) is 13.4. The van der Waals surface area contributed by atoms with Crippen LogP contribution in [0.4, 0.5) is 4.79 Å². The van der Waals surface area contributed by atoms with Gasteiger partial charge >= 0.3 is 16.2 Å². The molecule has 0 bridgehead atoms. The van der Waals surface area contributed by atoms with Gasteiger partial charge in [0, 0.05) is 6.54 Å². The zero-order valence-corrected chi connectivity index (χ0v) is 13.3. The van der Waals surface area contributed by atoms with Gasteiger partial charge in [0.2, 0.25) is 5.44 Å².